The van der Waals surface area contributed by atoms with Crippen LogP contribution in [0.15, 0.2) is 0 Å². The molecule has 100 valence electrons. The molecule has 0 aromatic heterocycles. The lowest BCUT2D eigenvalue weighted by Crippen LogP contribution is -2.44. The molecule has 0 radical (unpaired) electrons. The zero-order chi connectivity index (χ0) is 12.9. The summed E-state index contributed by atoms with van der Waals surface area (Å²) in [6.07, 6.45) is 5.00. The monoisotopic (exact) mass is 245 g/mol. The van der Waals surface area contributed by atoms with Crippen molar-refractivity contribution in [3.63, 3.8) is 0 Å². The van der Waals surface area contributed by atoms with Gasteiger partial charge < -0.3 is 10.1 Å². The molecule has 1 amide bonds. The third-order valence-corrected chi connectivity index (χ3v) is 3.09. The number of alkyl carbamates (subject to hydrolysis) is 1. The first-order valence-electron chi connectivity index (χ1n) is 6.48. The van der Waals surface area contributed by atoms with Crippen molar-refractivity contribution in [2.24, 2.45) is 5.92 Å². The molecule has 0 aromatic carbocycles. The Kier molecular flexibility index (Phi) is 5.22. The Morgan fingerprint density at radius 1 is 1.35 bits per heavy atom. The minimum absolute atomic E-state index is 0.265. The number of alkyl halides is 1. The first kappa shape index (κ1) is 14.3. The first-order chi connectivity index (χ1) is 7.92. The van der Waals surface area contributed by atoms with Crippen LogP contribution in [0.4, 0.5) is 9.18 Å². The lowest BCUT2D eigenvalue weighted by Gasteiger charge is -2.30. The highest BCUT2D eigenvalue weighted by Gasteiger charge is 2.26. The Balaban J connectivity index is 2.42. The van der Waals surface area contributed by atoms with Gasteiger partial charge in [-0.05, 0) is 39.5 Å². The summed E-state index contributed by atoms with van der Waals surface area (Å²) < 4.78 is 18.1. The van der Waals surface area contributed by atoms with Crippen molar-refractivity contribution in [2.75, 3.05) is 6.67 Å². The van der Waals surface area contributed by atoms with Crippen LogP contribution in [-0.4, -0.2) is 24.4 Å². The van der Waals surface area contributed by atoms with Crippen LogP contribution in [0.1, 0.15) is 52.9 Å². The molecule has 1 atom stereocenters. The highest BCUT2D eigenvalue weighted by molar-refractivity contribution is 5.68. The van der Waals surface area contributed by atoms with Crippen LogP contribution in [0.3, 0.4) is 0 Å². The van der Waals surface area contributed by atoms with Gasteiger partial charge in [0.15, 0.2) is 0 Å². The Morgan fingerprint density at radius 3 is 2.41 bits per heavy atom. The summed E-state index contributed by atoms with van der Waals surface area (Å²) in [7, 11) is 0. The fraction of sp³-hybridized carbons (Fsp3) is 0.923. The van der Waals surface area contributed by atoms with E-state index in [-0.39, 0.29) is 12.0 Å². The molecule has 17 heavy (non-hydrogen) atoms. The predicted octanol–water partition coefficient (Wildman–Crippen LogP) is 3.43. The number of hydrogen-bond acceptors (Lipinski definition) is 2. The van der Waals surface area contributed by atoms with Gasteiger partial charge in [-0.1, -0.05) is 19.3 Å². The largest absolute Gasteiger partial charge is 0.444 e. The Bertz CT molecular complexity index is 244. The molecule has 0 spiro atoms. The highest BCUT2D eigenvalue weighted by Crippen LogP contribution is 2.26. The van der Waals surface area contributed by atoms with Gasteiger partial charge in [0, 0.05) is 0 Å². The van der Waals surface area contributed by atoms with E-state index in [2.05, 4.69) is 5.32 Å². The van der Waals surface area contributed by atoms with Crippen LogP contribution < -0.4 is 5.32 Å². The summed E-state index contributed by atoms with van der Waals surface area (Å²) in [6.45, 7) is 4.90. The molecule has 1 aliphatic rings. The molecular formula is C13H24FNO2. The summed E-state index contributed by atoms with van der Waals surface area (Å²) in [4.78, 5) is 11.6. The van der Waals surface area contributed by atoms with E-state index in [1.165, 1.54) is 6.42 Å². The lowest BCUT2D eigenvalue weighted by molar-refractivity contribution is 0.0464. The highest BCUT2D eigenvalue weighted by atomic mass is 19.1. The zero-order valence-corrected chi connectivity index (χ0v) is 11.1. The topological polar surface area (TPSA) is 38.3 Å². The van der Waals surface area contributed by atoms with Crippen LogP contribution in [-0.2, 0) is 4.74 Å². The molecule has 0 heterocycles. The molecule has 1 aliphatic carbocycles. The molecule has 4 heteroatoms. The maximum atomic E-state index is 13.0. The molecule has 0 aliphatic heterocycles. The van der Waals surface area contributed by atoms with Crippen LogP contribution in [0.2, 0.25) is 0 Å². The number of amides is 1. The van der Waals surface area contributed by atoms with Crippen molar-refractivity contribution < 1.29 is 13.9 Å². The van der Waals surface area contributed by atoms with E-state index in [0.717, 1.165) is 25.7 Å². The average molecular weight is 245 g/mol. The first-order valence-corrected chi connectivity index (χ1v) is 6.48. The van der Waals surface area contributed by atoms with E-state index in [1.54, 1.807) is 20.8 Å². The Hall–Kier alpha value is -0.800. The molecule has 0 saturated heterocycles. The van der Waals surface area contributed by atoms with Crippen molar-refractivity contribution >= 4 is 6.09 Å². The van der Waals surface area contributed by atoms with Gasteiger partial charge >= 0.3 is 6.09 Å². The second-order valence-corrected chi connectivity index (χ2v) is 5.81. The maximum Gasteiger partial charge on any atom is 0.407 e. The number of carbonyl (C=O) groups is 1. The van der Waals surface area contributed by atoms with Gasteiger partial charge in [-0.3, -0.25) is 0 Å². The molecule has 1 rings (SSSR count). The minimum atomic E-state index is -0.530. The molecular weight excluding hydrogens is 221 g/mol. The zero-order valence-electron chi connectivity index (χ0n) is 11.1. The van der Waals surface area contributed by atoms with Gasteiger partial charge in [-0.15, -0.1) is 0 Å². The molecule has 0 bridgehead atoms. The Morgan fingerprint density at radius 2 is 1.94 bits per heavy atom. The second-order valence-electron chi connectivity index (χ2n) is 5.81. The summed E-state index contributed by atoms with van der Waals surface area (Å²) in [5, 5.41) is 2.66. The molecule has 1 unspecified atom stereocenters. The predicted molar refractivity (Wildman–Crippen MR) is 65.7 cm³/mol. The number of rotatable bonds is 3. The van der Waals surface area contributed by atoms with Gasteiger partial charge in [0.25, 0.3) is 0 Å². The number of halogens is 1. The second kappa shape index (κ2) is 6.22. The summed E-state index contributed by atoms with van der Waals surface area (Å²) in [5.41, 5.74) is -0.530. The number of hydrogen-bond donors (Lipinski definition) is 1. The van der Waals surface area contributed by atoms with Gasteiger partial charge in [-0.2, -0.15) is 0 Å². The molecule has 0 aromatic rings. The van der Waals surface area contributed by atoms with Crippen molar-refractivity contribution in [3.8, 4) is 0 Å². The summed E-state index contributed by atoms with van der Waals surface area (Å²) >= 11 is 0. The standard InChI is InChI=1S/C13H24FNO2/c1-13(2,3)17-12(16)15-11(9-14)10-7-5-4-6-8-10/h10-11H,4-9H2,1-3H3,(H,15,16). The summed E-state index contributed by atoms with van der Waals surface area (Å²) in [5.74, 6) is 0.265. The summed E-state index contributed by atoms with van der Waals surface area (Å²) in [6, 6.07) is -0.384. The van der Waals surface area contributed by atoms with Crippen LogP contribution in [0.5, 0.6) is 0 Å². The minimum Gasteiger partial charge on any atom is -0.444 e. The van der Waals surface area contributed by atoms with Gasteiger partial charge in [0.05, 0.1) is 6.04 Å². The van der Waals surface area contributed by atoms with E-state index < -0.39 is 18.4 Å². The van der Waals surface area contributed by atoms with Gasteiger partial charge in [-0.25, -0.2) is 9.18 Å². The van der Waals surface area contributed by atoms with Crippen LogP contribution in [0, 0.1) is 5.92 Å². The van der Waals surface area contributed by atoms with E-state index in [9.17, 15) is 9.18 Å². The third kappa shape index (κ3) is 5.37. The average Bonchev–Trinajstić information content (AvgIpc) is 2.24. The van der Waals surface area contributed by atoms with Gasteiger partial charge in [0.2, 0.25) is 0 Å². The molecule has 1 N–H and O–H groups in total. The number of nitrogens with one attached hydrogen (secondary N) is 1. The van der Waals surface area contributed by atoms with E-state index in [4.69, 9.17) is 4.74 Å². The van der Waals surface area contributed by atoms with E-state index in [1.807, 2.05) is 0 Å². The quantitative estimate of drug-likeness (QED) is 0.827. The van der Waals surface area contributed by atoms with Crippen molar-refractivity contribution in [1.82, 2.24) is 5.32 Å². The SMILES string of the molecule is CC(C)(C)OC(=O)NC(CF)C1CCCCC1. The van der Waals surface area contributed by atoms with Gasteiger partial charge in [0.1, 0.15) is 12.3 Å². The van der Waals surface area contributed by atoms with Crippen molar-refractivity contribution in [1.29, 1.82) is 0 Å². The van der Waals surface area contributed by atoms with Crippen molar-refractivity contribution in [3.05, 3.63) is 0 Å². The fourth-order valence-electron chi connectivity index (χ4n) is 2.28. The smallest absolute Gasteiger partial charge is 0.407 e. The van der Waals surface area contributed by atoms with E-state index in [0.29, 0.717) is 0 Å². The van der Waals surface area contributed by atoms with Crippen LogP contribution in [0.25, 0.3) is 0 Å². The third-order valence-electron chi connectivity index (χ3n) is 3.09. The number of carbonyl (C=O) groups excluding carboxylic acids is 1. The Labute approximate surface area is 103 Å². The maximum absolute atomic E-state index is 13.0. The fourth-order valence-corrected chi connectivity index (χ4v) is 2.28. The molecule has 1 saturated carbocycles. The molecule has 3 nitrogen and oxygen atoms in total. The van der Waals surface area contributed by atoms with Crippen LogP contribution >= 0.6 is 0 Å². The lowest BCUT2D eigenvalue weighted by atomic mass is 9.84. The van der Waals surface area contributed by atoms with E-state index >= 15 is 0 Å². The molecule has 1 fully saturated rings. The van der Waals surface area contributed by atoms with Crippen molar-refractivity contribution in [2.45, 2.75) is 64.5 Å². The number of ether oxygens (including phenoxy) is 1. The normalized spacial score (nSPS) is 19.8.